The lowest BCUT2D eigenvalue weighted by atomic mass is 9.85. The van der Waals surface area contributed by atoms with Crippen LogP contribution in [0.15, 0.2) is 54.6 Å². The summed E-state index contributed by atoms with van der Waals surface area (Å²) in [5, 5.41) is 2.97. The van der Waals surface area contributed by atoms with Gasteiger partial charge in [0, 0.05) is 18.7 Å². The third kappa shape index (κ3) is 3.82. The SMILES string of the molecule is C[C@H]1CN(C(=O)NCCc2cccc(C(N)=O)c2)[C@@H]1c1ccccc1. The number of likely N-dealkylation sites (tertiary alicyclic amines) is 1. The van der Waals surface area contributed by atoms with Crippen LogP contribution in [0.1, 0.15) is 34.5 Å². The van der Waals surface area contributed by atoms with Crippen molar-refractivity contribution < 1.29 is 9.59 Å². The molecule has 2 atom stereocenters. The molecule has 0 aromatic heterocycles. The fourth-order valence-corrected chi connectivity index (χ4v) is 3.36. The Kier molecular flexibility index (Phi) is 5.03. The average molecular weight is 337 g/mol. The molecular formula is C20H23N3O2. The Hall–Kier alpha value is -2.82. The van der Waals surface area contributed by atoms with Gasteiger partial charge in [0.2, 0.25) is 5.91 Å². The number of nitrogens with two attached hydrogens (primary N) is 1. The van der Waals surface area contributed by atoms with Gasteiger partial charge >= 0.3 is 6.03 Å². The van der Waals surface area contributed by atoms with Gasteiger partial charge in [-0.1, -0.05) is 49.4 Å². The number of rotatable bonds is 5. The van der Waals surface area contributed by atoms with Crippen molar-refractivity contribution in [2.24, 2.45) is 11.7 Å². The second-order valence-electron chi connectivity index (χ2n) is 6.53. The highest BCUT2D eigenvalue weighted by Gasteiger charge is 2.39. The summed E-state index contributed by atoms with van der Waals surface area (Å²) in [7, 11) is 0. The highest BCUT2D eigenvalue weighted by Crippen LogP contribution is 2.38. The van der Waals surface area contributed by atoms with E-state index in [9.17, 15) is 9.59 Å². The molecule has 130 valence electrons. The average Bonchev–Trinajstić information content (AvgIpc) is 2.60. The van der Waals surface area contributed by atoms with Crippen molar-refractivity contribution in [3.63, 3.8) is 0 Å². The van der Waals surface area contributed by atoms with Crippen molar-refractivity contribution in [1.29, 1.82) is 0 Å². The molecule has 0 radical (unpaired) electrons. The van der Waals surface area contributed by atoms with Gasteiger partial charge in [-0.15, -0.1) is 0 Å². The highest BCUT2D eigenvalue weighted by atomic mass is 16.2. The van der Waals surface area contributed by atoms with E-state index in [2.05, 4.69) is 24.4 Å². The summed E-state index contributed by atoms with van der Waals surface area (Å²) in [6.07, 6.45) is 0.659. The largest absolute Gasteiger partial charge is 0.366 e. The summed E-state index contributed by atoms with van der Waals surface area (Å²) in [4.78, 5) is 25.6. The molecule has 1 fully saturated rings. The lowest BCUT2D eigenvalue weighted by Crippen LogP contribution is -2.55. The van der Waals surface area contributed by atoms with E-state index in [4.69, 9.17) is 5.73 Å². The normalized spacial score (nSPS) is 19.2. The summed E-state index contributed by atoms with van der Waals surface area (Å²) in [5.74, 6) is 0.0200. The van der Waals surface area contributed by atoms with Crippen LogP contribution in [-0.4, -0.2) is 29.9 Å². The van der Waals surface area contributed by atoms with Crippen molar-refractivity contribution in [3.05, 3.63) is 71.3 Å². The van der Waals surface area contributed by atoms with E-state index >= 15 is 0 Å². The van der Waals surface area contributed by atoms with Crippen molar-refractivity contribution in [2.45, 2.75) is 19.4 Å². The van der Waals surface area contributed by atoms with Crippen LogP contribution in [0, 0.1) is 5.92 Å². The zero-order valence-corrected chi connectivity index (χ0v) is 14.3. The first-order valence-electron chi connectivity index (χ1n) is 8.54. The van der Waals surface area contributed by atoms with Crippen LogP contribution in [-0.2, 0) is 6.42 Å². The molecule has 3 amide bonds. The number of nitrogens with one attached hydrogen (secondary N) is 1. The van der Waals surface area contributed by atoms with Gasteiger partial charge in [0.05, 0.1) is 6.04 Å². The van der Waals surface area contributed by atoms with Gasteiger partial charge in [0.15, 0.2) is 0 Å². The molecule has 3 rings (SSSR count). The van der Waals surface area contributed by atoms with Crippen LogP contribution in [0.25, 0.3) is 0 Å². The Balaban J connectivity index is 1.54. The zero-order chi connectivity index (χ0) is 17.8. The van der Waals surface area contributed by atoms with Gasteiger partial charge in [-0.05, 0) is 35.6 Å². The first-order chi connectivity index (χ1) is 12.1. The molecule has 0 saturated carbocycles. The second kappa shape index (κ2) is 7.38. The molecular weight excluding hydrogens is 314 g/mol. The number of carbonyl (C=O) groups is 2. The van der Waals surface area contributed by atoms with Gasteiger partial charge in [-0.3, -0.25) is 4.79 Å². The number of nitrogens with zero attached hydrogens (tertiary/aromatic N) is 1. The monoisotopic (exact) mass is 337 g/mol. The third-order valence-electron chi connectivity index (χ3n) is 4.66. The van der Waals surface area contributed by atoms with Crippen LogP contribution in [0.3, 0.4) is 0 Å². The lowest BCUT2D eigenvalue weighted by Gasteiger charge is -2.46. The molecule has 0 aliphatic carbocycles. The Morgan fingerprint density at radius 3 is 2.60 bits per heavy atom. The maximum atomic E-state index is 12.5. The van der Waals surface area contributed by atoms with E-state index < -0.39 is 5.91 Å². The number of carbonyl (C=O) groups excluding carboxylic acids is 2. The molecule has 1 aliphatic heterocycles. The van der Waals surface area contributed by atoms with E-state index in [0.717, 1.165) is 12.1 Å². The Morgan fingerprint density at radius 1 is 1.16 bits per heavy atom. The molecule has 25 heavy (non-hydrogen) atoms. The number of hydrogen-bond donors (Lipinski definition) is 2. The summed E-state index contributed by atoms with van der Waals surface area (Å²) >= 11 is 0. The Bertz CT molecular complexity index is 761. The topological polar surface area (TPSA) is 75.4 Å². The second-order valence-corrected chi connectivity index (χ2v) is 6.53. The van der Waals surface area contributed by atoms with E-state index in [0.29, 0.717) is 24.4 Å². The summed E-state index contributed by atoms with van der Waals surface area (Å²) in [6, 6.07) is 17.4. The van der Waals surface area contributed by atoms with Gasteiger partial charge in [-0.2, -0.15) is 0 Å². The van der Waals surface area contributed by atoms with E-state index in [1.165, 1.54) is 5.56 Å². The van der Waals surface area contributed by atoms with Gasteiger partial charge in [-0.25, -0.2) is 4.79 Å². The maximum Gasteiger partial charge on any atom is 0.317 e. The summed E-state index contributed by atoms with van der Waals surface area (Å²) in [6.45, 7) is 3.45. The van der Waals surface area contributed by atoms with E-state index in [1.807, 2.05) is 29.2 Å². The smallest absolute Gasteiger partial charge is 0.317 e. The zero-order valence-electron chi connectivity index (χ0n) is 14.3. The molecule has 1 saturated heterocycles. The van der Waals surface area contributed by atoms with Crippen LogP contribution >= 0.6 is 0 Å². The quantitative estimate of drug-likeness (QED) is 0.880. The summed E-state index contributed by atoms with van der Waals surface area (Å²) in [5.41, 5.74) is 7.94. The van der Waals surface area contributed by atoms with Crippen molar-refractivity contribution in [3.8, 4) is 0 Å². The number of benzene rings is 2. The fourth-order valence-electron chi connectivity index (χ4n) is 3.36. The van der Waals surface area contributed by atoms with E-state index in [1.54, 1.807) is 18.2 Å². The number of primary amides is 1. The van der Waals surface area contributed by atoms with Crippen molar-refractivity contribution in [1.82, 2.24) is 10.2 Å². The predicted molar refractivity (Wildman–Crippen MR) is 97.1 cm³/mol. The van der Waals surface area contributed by atoms with Crippen LogP contribution in [0.2, 0.25) is 0 Å². The minimum absolute atomic E-state index is 0.0435. The number of hydrogen-bond acceptors (Lipinski definition) is 2. The van der Waals surface area contributed by atoms with Crippen LogP contribution < -0.4 is 11.1 Å². The predicted octanol–water partition coefficient (Wildman–Crippen LogP) is 2.73. The van der Waals surface area contributed by atoms with Gasteiger partial charge in [0.25, 0.3) is 0 Å². The van der Waals surface area contributed by atoms with Crippen LogP contribution in [0.4, 0.5) is 4.79 Å². The molecule has 0 spiro atoms. The number of amides is 3. The molecule has 2 aromatic rings. The summed E-state index contributed by atoms with van der Waals surface area (Å²) < 4.78 is 0. The lowest BCUT2D eigenvalue weighted by molar-refractivity contribution is 0.0594. The van der Waals surface area contributed by atoms with Crippen LogP contribution in [0.5, 0.6) is 0 Å². The van der Waals surface area contributed by atoms with Crippen molar-refractivity contribution >= 4 is 11.9 Å². The molecule has 0 unspecified atom stereocenters. The minimum Gasteiger partial charge on any atom is -0.366 e. The Labute approximate surface area is 147 Å². The minimum atomic E-state index is -0.439. The maximum absolute atomic E-state index is 12.5. The number of urea groups is 1. The van der Waals surface area contributed by atoms with Gasteiger partial charge in [0.1, 0.15) is 0 Å². The molecule has 5 nitrogen and oxygen atoms in total. The molecule has 1 heterocycles. The third-order valence-corrected chi connectivity index (χ3v) is 4.66. The Morgan fingerprint density at radius 2 is 1.92 bits per heavy atom. The molecule has 5 heteroatoms. The highest BCUT2D eigenvalue weighted by molar-refractivity contribution is 5.92. The standard InChI is InChI=1S/C20H23N3O2/c1-14-13-23(18(14)16-7-3-2-4-8-16)20(25)22-11-10-15-6-5-9-17(12-15)19(21)24/h2-9,12,14,18H,10-11,13H2,1H3,(H2,21,24)(H,22,25)/t14-,18-/m0/s1. The van der Waals surface area contributed by atoms with Gasteiger partial charge < -0.3 is 16.0 Å². The first-order valence-corrected chi connectivity index (χ1v) is 8.54. The molecule has 1 aliphatic rings. The molecule has 2 aromatic carbocycles. The van der Waals surface area contributed by atoms with E-state index in [-0.39, 0.29) is 12.1 Å². The van der Waals surface area contributed by atoms with Crippen molar-refractivity contribution in [2.75, 3.05) is 13.1 Å². The molecule has 0 bridgehead atoms. The fraction of sp³-hybridized carbons (Fsp3) is 0.300. The molecule has 3 N–H and O–H groups in total. The first kappa shape index (κ1) is 17.0.